The number of rotatable bonds is 1. The van der Waals surface area contributed by atoms with Gasteiger partial charge in [-0.1, -0.05) is 0 Å². The summed E-state index contributed by atoms with van der Waals surface area (Å²) in [4.78, 5) is 8.59. The average Bonchev–Trinajstić information content (AvgIpc) is 2.47. The monoisotopic (exact) mass is 165 g/mol. The van der Waals surface area contributed by atoms with Gasteiger partial charge < -0.3 is 4.57 Å². The van der Waals surface area contributed by atoms with Crippen LogP contribution in [0.25, 0.3) is 0 Å². The fraction of sp³-hybridized carbons (Fsp3) is 0.500. The van der Waals surface area contributed by atoms with Gasteiger partial charge in [0.1, 0.15) is 12.2 Å². The van der Waals surface area contributed by atoms with E-state index in [9.17, 15) is 0 Å². The first-order chi connectivity index (χ1) is 5.79. The molecule has 0 spiro atoms. The van der Waals surface area contributed by atoms with E-state index >= 15 is 0 Å². The molecule has 64 valence electrons. The Labute approximate surface area is 71.3 Å². The first kappa shape index (κ1) is 7.49. The van der Waals surface area contributed by atoms with Crippen molar-refractivity contribution in [3.63, 3.8) is 0 Å². The highest BCUT2D eigenvalue weighted by atomic mass is 15.2. The Hall–Kier alpha value is -1.16. The van der Waals surface area contributed by atoms with Gasteiger partial charge >= 0.3 is 0 Å². The van der Waals surface area contributed by atoms with E-state index in [2.05, 4.69) is 28.4 Å². The van der Waals surface area contributed by atoms with E-state index in [-0.39, 0.29) is 0 Å². The molecule has 4 nitrogen and oxygen atoms in total. The molecule has 0 bridgehead atoms. The molecule has 1 aromatic rings. The maximum atomic E-state index is 4.30. The summed E-state index contributed by atoms with van der Waals surface area (Å²) in [6.07, 6.45) is 3.72. The molecule has 2 rings (SSSR count). The van der Waals surface area contributed by atoms with E-state index < -0.39 is 0 Å². The van der Waals surface area contributed by atoms with Crippen LogP contribution in [0.15, 0.2) is 11.3 Å². The zero-order chi connectivity index (χ0) is 8.55. The van der Waals surface area contributed by atoms with Gasteiger partial charge in [-0.25, -0.2) is 4.98 Å². The van der Waals surface area contributed by atoms with Crippen LogP contribution in [0, 0.1) is 0 Å². The normalized spacial score (nSPS) is 15.2. The number of aromatic nitrogens is 2. The second-order valence-electron chi connectivity index (χ2n) is 3.23. The summed E-state index contributed by atoms with van der Waals surface area (Å²) < 4.78 is 2.10. The van der Waals surface area contributed by atoms with Crippen LogP contribution in [0.5, 0.6) is 0 Å². The van der Waals surface area contributed by atoms with Crippen molar-refractivity contribution in [2.45, 2.75) is 26.4 Å². The first-order valence-corrected chi connectivity index (χ1v) is 4.20. The molecule has 4 heteroatoms. The molecule has 0 fully saturated rings. The second-order valence-corrected chi connectivity index (χ2v) is 3.23. The van der Waals surface area contributed by atoms with Crippen molar-refractivity contribution in [1.82, 2.24) is 9.55 Å². The average molecular weight is 165 g/mol. The Bertz CT molecular complexity index is 311. The second kappa shape index (κ2) is 2.71. The molecule has 0 saturated heterocycles. The third kappa shape index (κ3) is 1.04. The van der Waals surface area contributed by atoms with Gasteiger partial charge in [-0.05, 0) is 13.8 Å². The van der Waals surface area contributed by atoms with Crippen molar-refractivity contribution in [2.75, 3.05) is 0 Å². The van der Waals surface area contributed by atoms with Gasteiger partial charge in [-0.2, -0.15) is 4.99 Å². The zero-order valence-corrected chi connectivity index (χ0v) is 7.36. The highest BCUT2D eigenvalue weighted by molar-refractivity contribution is 5.54. The third-order valence-electron chi connectivity index (χ3n) is 2.01. The number of aliphatic imine (C=N–C) groups is 1. The number of hydrogen-bond acceptors (Lipinski definition) is 2. The molecule has 0 aromatic carbocycles. The smallest absolute Gasteiger partial charge is 0.189 e. The fourth-order valence-corrected chi connectivity index (χ4v) is 1.34. The van der Waals surface area contributed by atoms with Crippen molar-refractivity contribution in [1.29, 1.82) is 0 Å². The van der Waals surface area contributed by atoms with Crippen molar-refractivity contribution in [3.05, 3.63) is 12.0 Å². The number of hydrogen-bond donors (Lipinski definition) is 1. The van der Waals surface area contributed by atoms with Crippen LogP contribution in [0.1, 0.15) is 25.6 Å². The molecule has 0 aliphatic carbocycles. The number of imidazole rings is 1. The van der Waals surface area contributed by atoms with E-state index in [4.69, 9.17) is 0 Å². The molecular weight excluding hydrogens is 152 g/mol. The highest BCUT2D eigenvalue weighted by Gasteiger charge is 2.15. The topological polar surface area (TPSA) is 46.8 Å². The van der Waals surface area contributed by atoms with Crippen molar-refractivity contribution >= 4 is 12.2 Å². The number of fused-ring (bicyclic) bond motifs is 1. The summed E-state index contributed by atoms with van der Waals surface area (Å²) in [7, 11) is 0. The Morgan fingerprint density at radius 3 is 3.17 bits per heavy atom. The molecule has 1 aromatic heterocycles. The zero-order valence-electron chi connectivity index (χ0n) is 7.36. The first-order valence-electron chi connectivity index (χ1n) is 4.20. The number of nitrogens with zero attached hydrogens (tertiary/aromatic N) is 3. The van der Waals surface area contributed by atoms with Crippen molar-refractivity contribution in [3.8, 4) is 0 Å². The van der Waals surface area contributed by atoms with Crippen LogP contribution in [-0.4, -0.2) is 15.9 Å². The maximum Gasteiger partial charge on any atom is 0.189 e. The standard InChI is InChI=1S/C8H12N4/c1-6(2)12-5-11-7-3-9-4-10-8(7)12/h4-6H,3H2,1-2H3,(H,9,10)/p+1. The summed E-state index contributed by atoms with van der Waals surface area (Å²) in [6, 6.07) is 0.441. The summed E-state index contributed by atoms with van der Waals surface area (Å²) >= 11 is 0. The molecule has 0 atom stereocenters. The predicted octanol–water partition coefficient (Wildman–Crippen LogP) is 0.201. The number of quaternary nitrogens is 1. The Balaban J connectivity index is 2.47. The molecule has 0 saturated carbocycles. The lowest BCUT2D eigenvalue weighted by Crippen LogP contribution is -2.81. The largest absolute Gasteiger partial charge is 0.313 e. The Kier molecular flexibility index (Phi) is 1.69. The van der Waals surface area contributed by atoms with Gasteiger partial charge in [0.05, 0.1) is 6.33 Å². The van der Waals surface area contributed by atoms with Gasteiger partial charge in [0.15, 0.2) is 12.2 Å². The molecule has 0 radical (unpaired) electrons. The lowest BCUT2D eigenvalue weighted by Gasteiger charge is -2.09. The maximum absolute atomic E-state index is 4.30. The van der Waals surface area contributed by atoms with Gasteiger partial charge in [0.2, 0.25) is 0 Å². The van der Waals surface area contributed by atoms with Crippen LogP contribution in [-0.2, 0) is 6.54 Å². The SMILES string of the molecule is CC(C)n1cnc2c1N=C[NH2+]C2. The fourth-order valence-electron chi connectivity index (χ4n) is 1.34. The van der Waals surface area contributed by atoms with Gasteiger partial charge in [-0.3, -0.25) is 5.32 Å². The van der Waals surface area contributed by atoms with Crippen molar-refractivity contribution < 1.29 is 5.32 Å². The summed E-state index contributed by atoms with van der Waals surface area (Å²) in [5, 5.41) is 2.03. The molecule has 0 amide bonds. The summed E-state index contributed by atoms with van der Waals surface area (Å²) in [5.74, 6) is 1.02. The lowest BCUT2D eigenvalue weighted by molar-refractivity contribution is -0.549. The van der Waals surface area contributed by atoms with Gasteiger partial charge in [0.25, 0.3) is 0 Å². The minimum atomic E-state index is 0.441. The van der Waals surface area contributed by atoms with Crippen LogP contribution in [0.4, 0.5) is 5.82 Å². The quantitative estimate of drug-likeness (QED) is 0.635. The molecule has 1 aliphatic heterocycles. The molecule has 0 unspecified atom stereocenters. The van der Waals surface area contributed by atoms with Crippen LogP contribution < -0.4 is 5.32 Å². The molecule has 1 aliphatic rings. The predicted molar refractivity (Wildman–Crippen MR) is 46.4 cm³/mol. The Morgan fingerprint density at radius 1 is 1.58 bits per heavy atom. The third-order valence-corrected chi connectivity index (χ3v) is 2.01. The summed E-state index contributed by atoms with van der Waals surface area (Å²) in [5.41, 5.74) is 1.09. The van der Waals surface area contributed by atoms with E-state index in [1.54, 1.807) is 0 Å². The van der Waals surface area contributed by atoms with E-state index in [0.717, 1.165) is 18.1 Å². The summed E-state index contributed by atoms with van der Waals surface area (Å²) in [6.45, 7) is 5.18. The molecule has 12 heavy (non-hydrogen) atoms. The van der Waals surface area contributed by atoms with E-state index in [1.807, 2.05) is 18.0 Å². The van der Waals surface area contributed by atoms with Crippen LogP contribution in [0.2, 0.25) is 0 Å². The van der Waals surface area contributed by atoms with Crippen LogP contribution >= 0.6 is 0 Å². The minimum absolute atomic E-state index is 0.441. The highest BCUT2D eigenvalue weighted by Crippen LogP contribution is 2.22. The molecule has 2 N–H and O–H groups in total. The van der Waals surface area contributed by atoms with Crippen LogP contribution in [0.3, 0.4) is 0 Å². The van der Waals surface area contributed by atoms with E-state index in [1.165, 1.54) is 0 Å². The number of nitrogens with two attached hydrogens (primary N) is 1. The molecule has 2 heterocycles. The minimum Gasteiger partial charge on any atom is -0.313 e. The Morgan fingerprint density at radius 2 is 2.42 bits per heavy atom. The van der Waals surface area contributed by atoms with Gasteiger partial charge in [0, 0.05) is 6.04 Å². The van der Waals surface area contributed by atoms with Crippen molar-refractivity contribution in [2.24, 2.45) is 4.99 Å². The lowest BCUT2D eigenvalue weighted by atomic mass is 10.3. The van der Waals surface area contributed by atoms with E-state index in [0.29, 0.717) is 6.04 Å². The molecular formula is C8H13N4+. The van der Waals surface area contributed by atoms with Gasteiger partial charge in [-0.15, -0.1) is 0 Å².